The predicted octanol–water partition coefficient (Wildman–Crippen LogP) is 2.32. The van der Waals surface area contributed by atoms with E-state index in [0.29, 0.717) is 23.3 Å². The maximum atomic E-state index is 11.6. The molecule has 2 rings (SSSR count). The topological polar surface area (TPSA) is 46.2 Å². The van der Waals surface area contributed by atoms with Crippen molar-refractivity contribution in [2.24, 2.45) is 11.8 Å². The second-order valence-corrected chi connectivity index (χ2v) is 9.57. The predicted molar refractivity (Wildman–Crippen MR) is 83.5 cm³/mol. The average molecular weight is 306 g/mol. The van der Waals surface area contributed by atoms with Gasteiger partial charge in [-0.2, -0.15) is 11.8 Å². The standard InChI is InChI=1S/C14H27NO2S2/c1-2-18-8-3-4-12(10-15-14-5-6-14)13-7-9-19(16,17)11-13/h12-15H,2-11H2,1H3. The lowest BCUT2D eigenvalue weighted by Crippen LogP contribution is -2.30. The summed E-state index contributed by atoms with van der Waals surface area (Å²) in [6.45, 7) is 3.22. The highest BCUT2D eigenvalue weighted by molar-refractivity contribution is 7.99. The minimum atomic E-state index is -2.73. The van der Waals surface area contributed by atoms with Crippen molar-refractivity contribution < 1.29 is 8.42 Å². The Balaban J connectivity index is 1.78. The van der Waals surface area contributed by atoms with E-state index in [1.165, 1.54) is 37.2 Å². The van der Waals surface area contributed by atoms with E-state index in [4.69, 9.17) is 0 Å². The van der Waals surface area contributed by atoms with Gasteiger partial charge in [-0.3, -0.25) is 0 Å². The Labute approximate surface area is 122 Å². The highest BCUT2D eigenvalue weighted by Crippen LogP contribution is 2.30. The van der Waals surface area contributed by atoms with Gasteiger partial charge in [-0.1, -0.05) is 6.92 Å². The molecule has 1 saturated carbocycles. The van der Waals surface area contributed by atoms with Gasteiger partial charge >= 0.3 is 0 Å². The van der Waals surface area contributed by atoms with Crippen LogP contribution in [0.1, 0.15) is 39.0 Å². The molecular formula is C14H27NO2S2. The van der Waals surface area contributed by atoms with Crippen molar-refractivity contribution in [1.29, 1.82) is 0 Å². The molecule has 1 heterocycles. The van der Waals surface area contributed by atoms with Crippen LogP contribution in [0.4, 0.5) is 0 Å². The van der Waals surface area contributed by atoms with Gasteiger partial charge in [-0.25, -0.2) is 8.42 Å². The summed E-state index contributed by atoms with van der Waals surface area (Å²) in [6, 6.07) is 0.727. The molecule has 2 atom stereocenters. The molecule has 0 aromatic rings. The van der Waals surface area contributed by atoms with Gasteiger partial charge in [0.1, 0.15) is 0 Å². The first-order valence-corrected chi connectivity index (χ1v) is 10.6. The average Bonchev–Trinajstić information content (AvgIpc) is 3.12. The fraction of sp³-hybridized carbons (Fsp3) is 1.00. The normalized spacial score (nSPS) is 27.5. The second kappa shape index (κ2) is 7.32. The summed E-state index contributed by atoms with van der Waals surface area (Å²) in [5.41, 5.74) is 0. The molecule has 2 aliphatic rings. The van der Waals surface area contributed by atoms with Gasteiger partial charge in [0.15, 0.2) is 9.84 Å². The zero-order chi connectivity index (χ0) is 13.7. The monoisotopic (exact) mass is 305 g/mol. The molecule has 0 bridgehead atoms. The van der Waals surface area contributed by atoms with Crippen LogP contribution in [0.25, 0.3) is 0 Å². The lowest BCUT2D eigenvalue weighted by molar-refractivity contribution is 0.322. The van der Waals surface area contributed by atoms with E-state index < -0.39 is 9.84 Å². The van der Waals surface area contributed by atoms with Crippen molar-refractivity contribution in [3.63, 3.8) is 0 Å². The molecular weight excluding hydrogens is 278 g/mol. The third-order valence-electron chi connectivity index (χ3n) is 4.25. The van der Waals surface area contributed by atoms with Crippen molar-refractivity contribution >= 4 is 21.6 Å². The fourth-order valence-electron chi connectivity index (χ4n) is 2.90. The van der Waals surface area contributed by atoms with Crippen molar-refractivity contribution in [1.82, 2.24) is 5.32 Å². The molecule has 0 amide bonds. The lowest BCUT2D eigenvalue weighted by atomic mass is 9.88. The second-order valence-electron chi connectivity index (χ2n) is 5.94. The van der Waals surface area contributed by atoms with E-state index >= 15 is 0 Å². The molecule has 0 aromatic carbocycles. The summed E-state index contributed by atoms with van der Waals surface area (Å²) in [5, 5.41) is 3.60. The maximum absolute atomic E-state index is 11.6. The number of hydrogen-bond acceptors (Lipinski definition) is 4. The summed E-state index contributed by atoms with van der Waals surface area (Å²) >= 11 is 1.99. The first kappa shape index (κ1) is 15.6. The molecule has 19 heavy (non-hydrogen) atoms. The highest BCUT2D eigenvalue weighted by atomic mass is 32.2. The molecule has 112 valence electrons. The summed E-state index contributed by atoms with van der Waals surface area (Å²) in [5.74, 6) is 4.23. The van der Waals surface area contributed by atoms with E-state index in [1.807, 2.05) is 11.8 Å². The molecule has 0 radical (unpaired) electrons. The van der Waals surface area contributed by atoms with Crippen LogP contribution in [-0.4, -0.2) is 44.0 Å². The van der Waals surface area contributed by atoms with E-state index in [0.717, 1.165) is 19.0 Å². The molecule has 2 unspecified atom stereocenters. The van der Waals surface area contributed by atoms with Crippen LogP contribution in [0.15, 0.2) is 0 Å². The van der Waals surface area contributed by atoms with Crippen LogP contribution in [0.3, 0.4) is 0 Å². The third-order valence-corrected chi connectivity index (χ3v) is 7.03. The molecule has 1 N–H and O–H groups in total. The minimum Gasteiger partial charge on any atom is -0.314 e. The van der Waals surface area contributed by atoms with Crippen molar-refractivity contribution in [3.8, 4) is 0 Å². The van der Waals surface area contributed by atoms with E-state index in [2.05, 4.69) is 12.2 Å². The van der Waals surface area contributed by atoms with Crippen LogP contribution < -0.4 is 5.32 Å². The van der Waals surface area contributed by atoms with Gasteiger partial charge in [0.2, 0.25) is 0 Å². The largest absolute Gasteiger partial charge is 0.314 e. The van der Waals surface area contributed by atoms with Crippen LogP contribution in [-0.2, 0) is 9.84 Å². The molecule has 0 aromatic heterocycles. The molecule has 5 heteroatoms. The van der Waals surface area contributed by atoms with Gasteiger partial charge in [0.05, 0.1) is 11.5 Å². The lowest BCUT2D eigenvalue weighted by Gasteiger charge is -2.23. The Morgan fingerprint density at radius 1 is 1.32 bits per heavy atom. The molecule has 1 aliphatic heterocycles. The van der Waals surface area contributed by atoms with E-state index in [1.54, 1.807) is 0 Å². The number of rotatable bonds is 9. The quantitative estimate of drug-likeness (QED) is 0.664. The van der Waals surface area contributed by atoms with Crippen molar-refractivity contribution in [2.45, 2.75) is 45.1 Å². The van der Waals surface area contributed by atoms with Crippen molar-refractivity contribution in [3.05, 3.63) is 0 Å². The van der Waals surface area contributed by atoms with Gasteiger partial charge in [0.25, 0.3) is 0 Å². The van der Waals surface area contributed by atoms with E-state index in [-0.39, 0.29) is 0 Å². The first-order chi connectivity index (χ1) is 9.11. The summed E-state index contributed by atoms with van der Waals surface area (Å²) in [6.07, 6.45) is 5.92. The first-order valence-electron chi connectivity index (χ1n) is 7.62. The third kappa shape index (κ3) is 5.64. The summed E-state index contributed by atoms with van der Waals surface area (Å²) < 4.78 is 23.3. The molecule has 1 aliphatic carbocycles. The Morgan fingerprint density at radius 3 is 2.68 bits per heavy atom. The van der Waals surface area contributed by atoms with Crippen LogP contribution in [0.2, 0.25) is 0 Å². The van der Waals surface area contributed by atoms with E-state index in [9.17, 15) is 8.42 Å². The van der Waals surface area contributed by atoms with Crippen LogP contribution in [0, 0.1) is 11.8 Å². The van der Waals surface area contributed by atoms with Gasteiger partial charge < -0.3 is 5.32 Å². The van der Waals surface area contributed by atoms with Crippen LogP contribution in [0.5, 0.6) is 0 Å². The zero-order valence-corrected chi connectivity index (χ0v) is 13.6. The number of hydrogen-bond donors (Lipinski definition) is 1. The Morgan fingerprint density at radius 2 is 2.11 bits per heavy atom. The molecule has 0 spiro atoms. The molecule has 3 nitrogen and oxygen atoms in total. The van der Waals surface area contributed by atoms with Gasteiger partial charge in [0, 0.05) is 6.04 Å². The molecule has 2 fully saturated rings. The Hall–Kier alpha value is 0.260. The summed E-state index contributed by atoms with van der Waals surface area (Å²) in [4.78, 5) is 0. The van der Waals surface area contributed by atoms with Crippen molar-refractivity contribution in [2.75, 3.05) is 29.6 Å². The summed E-state index contributed by atoms with van der Waals surface area (Å²) in [7, 11) is -2.73. The smallest absolute Gasteiger partial charge is 0.150 e. The zero-order valence-electron chi connectivity index (χ0n) is 11.9. The fourth-order valence-corrected chi connectivity index (χ4v) is 5.48. The van der Waals surface area contributed by atoms with Gasteiger partial charge in [-0.05, 0) is 62.0 Å². The number of nitrogens with one attached hydrogen (secondary N) is 1. The molecule has 1 saturated heterocycles. The van der Waals surface area contributed by atoms with Gasteiger partial charge in [-0.15, -0.1) is 0 Å². The Bertz CT molecular complexity index is 366. The maximum Gasteiger partial charge on any atom is 0.150 e. The number of thioether (sulfide) groups is 1. The SMILES string of the molecule is CCSCCCC(CNC1CC1)C1CCS(=O)(=O)C1. The van der Waals surface area contributed by atoms with Crippen LogP contribution >= 0.6 is 11.8 Å². The number of sulfone groups is 1. The Kier molecular flexibility index (Phi) is 6.03. The highest BCUT2D eigenvalue weighted by Gasteiger charge is 2.34. The minimum absolute atomic E-state index is 0.405.